The molecule has 0 amide bonds. The van der Waals surface area contributed by atoms with Crippen molar-refractivity contribution in [2.75, 3.05) is 0 Å². The van der Waals surface area contributed by atoms with E-state index in [1.54, 1.807) is 13.8 Å². The van der Waals surface area contributed by atoms with E-state index in [9.17, 15) is 13.2 Å². The van der Waals surface area contributed by atoms with Crippen molar-refractivity contribution in [2.45, 2.75) is 39.3 Å². The summed E-state index contributed by atoms with van der Waals surface area (Å²) in [4.78, 5) is 0. The van der Waals surface area contributed by atoms with Gasteiger partial charge in [0.15, 0.2) is 0 Å². The molecule has 5 heteroatoms. The van der Waals surface area contributed by atoms with Crippen molar-refractivity contribution in [3.05, 3.63) is 73.7 Å². The van der Waals surface area contributed by atoms with Crippen LogP contribution in [0.15, 0.2) is 40.9 Å². The van der Waals surface area contributed by atoms with E-state index in [-0.39, 0.29) is 5.56 Å². The topological polar surface area (TPSA) is 0 Å². The van der Waals surface area contributed by atoms with E-state index >= 15 is 0 Å². The molecule has 0 bridgehead atoms. The Kier molecular flexibility index (Phi) is 6.39. The second-order valence-electron chi connectivity index (χ2n) is 6.05. The minimum absolute atomic E-state index is 0.201. The Morgan fingerprint density at radius 1 is 1.12 bits per heavy atom. The van der Waals surface area contributed by atoms with E-state index < -0.39 is 12.1 Å². The van der Waals surface area contributed by atoms with E-state index in [2.05, 4.69) is 15.9 Å². The lowest BCUT2D eigenvalue weighted by molar-refractivity contribution is -0.139. The number of hydrogen-bond donors (Lipinski definition) is 0. The van der Waals surface area contributed by atoms with Crippen LogP contribution >= 0.6 is 27.5 Å². The molecule has 0 saturated heterocycles. The van der Waals surface area contributed by atoms with Crippen molar-refractivity contribution < 1.29 is 13.2 Å². The summed E-state index contributed by atoms with van der Waals surface area (Å²) in [5, 5.41) is 0.507. The Hall–Kier alpha value is -1.26. The standard InChI is InChI=1S/C20H19BrClF3/c1-4-15-7-5-14(11-18(15)21)6-8-17(20(23,24)25)16-9-12(2)19(22)13(3)10-16/h5-11,17H,4H2,1-3H3/b8-6+. The van der Waals surface area contributed by atoms with Crippen LogP contribution in [-0.2, 0) is 6.42 Å². The maximum absolute atomic E-state index is 13.6. The van der Waals surface area contributed by atoms with Gasteiger partial charge in [0.05, 0.1) is 5.92 Å². The highest BCUT2D eigenvalue weighted by Crippen LogP contribution is 2.38. The van der Waals surface area contributed by atoms with Crippen LogP contribution < -0.4 is 0 Å². The molecule has 0 saturated carbocycles. The molecule has 2 aromatic rings. The van der Waals surface area contributed by atoms with Crippen LogP contribution in [0.1, 0.15) is 40.7 Å². The smallest absolute Gasteiger partial charge is 0.170 e. The first-order chi connectivity index (χ1) is 11.6. The van der Waals surface area contributed by atoms with E-state index in [0.29, 0.717) is 16.1 Å². The lowest BCUT2D eigenvalue weighted by atomic mass is 9.94. The zero-order chi connectivity index (χ0) is 18.8. The Morgan fingerprint density at radius 3 is 2.20 bits per heavy atom. The summed E-state index contributed by atoms with van der Waals surface area (Å²) in [7, 11) is 0. The molecule has 0 heterocycles. The van der Waals surface area contributed by atoms with Crippen LogP contribution in [-0.4, -0.2) is 6.18 Å². The average molecular weight is 432 g/mol. The Morgan fingerprint density at radius 2 is 1.72 bits per heavy atom. The Labute approximate surface area is 159 Å². The fraction of sp³-hybridized carbons (Fsp3) is 0.300. The van der Waals surface area contributed by atoms with Gasteiger partial charge in [0, 0.05) is 9.50 Å². The van der Waals surface area contributed by atoms with Gasteiger partial charge < -0.3 is 0 Å². The van der Waals surface area contributed by atoms with Gasteiger partial charge in [-0.2, -0.15) is 13.2 Å². The Balaban J connectivity index is 2.41. The maximum Gasteiger partial charge on any atom is 0.399 e. The summed E-state index contributed by atoms with van der Waals surface area (Å²) in [6.07, 6.45) is -0.792. The van der Waals surface area contributed by atoms with Crippen molar-refractivity contribution in [2.24, 2.45) is 0 Å². The SMILES string of the molecule is CCc1ccc(/C=C/C(c2cc(C)c(Cl)c(C)c2)C(F)(F)F)cc1Br. The predicted octanol–water partition coefficient (Wildman–Crippen LogP) is 7.64. The molecule has 0 nitrogen and oxygen atoms in total. The molecule has 0 N–H and O–H groups in total. The molecule has 0 radical (unpaired) electrons. The normalized spacial score (nSPS) is 13.4. The predicted molar refractivity (Wildman–Crippen MR) is 102 cm³/mol. The number of hydrogen-bond acceptors (Lipinski definition) is 0. The summed E-state index contributed by atoms with van der Waals surface area (Å²) in [6.45, 7) is 5.47. The monoisotopic (exact) mass is 430 g/mol. The molecule has 0 aliphatic carbocycles. The molecule has 2 rings (SSSR count). The highest BCUT2D eigenvalue weighted by molar-refractivity contribution is 9.10. The first-order valence-electron chi connectivity index (χ1n) is 7.93. The van der Waals surface area contributed by atoms with Gasteiger partial charge >= 0.3 is 6.18 Å². The first kappa shape index (κ1) is 20.1. The molecule has 0 aromatic heterocycles. The van der Waals surface area contributed by atoms with Crippen LogP contribution in [0.4, 0.5) is 13.2 Å². The molecule has 1 unspecified atom stereocenters. The van der Waals surface area contributed by atoms with E-state index in [1.165, 1.54) is 24.3 Å². The molecule has 0 aliphatic rings. The highest BCUT2D eigenvalue weighted by atomic mass is 79.9. The third kappa shape index (κ3) is 4.89. The zero-order valence-corrected chi connectivity index (χ0v) is 16.6. The van der Waals surface area contributed by atoms with E-state index in [4.69, 9.17) is 11.6 Å². The molecular formula is C20H19BrClF3. The summed E-state index contributed by atoms with van der Waals surface area (Å²) in [6, 6.07) is 8.60. The van der Waals surface area contributed by atoms with Crippen molar-refractivity contribution in [1.29, 1.82) is 0 Å². The van der Waals surface area contributed by atoms with Crippen molar-refractivity contribution in [3.8, 4) is 0 Å². The zero-order valence-electron chi connectivity index (χ0n) is 14.2. The van der Waals surface area contributed by atoms with Crippen molar-refractivity contribution >= 4 is 33.6 Å². The first-order valence-corrected chi connectivity index (χ1v) is 9.10. The van der Waals surface area contributed by atoms with Crippen molar-refractivity contribution in [1.82, 2.24) is 0 Å². The van der Waals surface area contributed by atoms with Gasteiger partial charge in [-0.05, 0) is 54.2 Å². The van der Waals surface area contributed by atoms with Gasteiger partial charge in [0.1, 0.15) is 0 Å². The second kappa shape index (κ2) is 7.96. The van der Waals surface area contributed by atoms with Gasteiger partial charge in [-0.1, -0.05) is 70.9 Å². The van der Waals surface area contributed by atoms with Crippen LogP contribution in [0.2, 0.25) is 5.02 Å². The van der Waals surface area contributed by atoms with Gasteiger partial charge in [0.25, 0.3) is 0 Å². The van der Waals surface area contributed by atoms with Gasteiger partial charge in [-0.25, -0.2) is 0 Å². The van der Waals surface area contributed by atoms with E-state index in [0.717, 1.165) is 22.0 Å². The average Bonchev–Trinajstić information content (AvgIpc) is 2.51. The van der Waals surface area contributed by atoms with Crippen LogP contribution in [0, 0.1) is 13.8 Å². The largest absolute Gasteiger partial charge is 0.399 e. The quantitative estimate of drug-likeness (QED) is 0.466. The van der Waals surface area contributed by atoms with Crippen LogP contribution in [0.3, 0.4) is 0 Å². The number of rotatable bonds is 4. The molecule has 0 spiro atoms. The third-order valence-electron chi connectivity index (χ3n) is 4.11. The molecule has 1 atom stereocenters. The summed E-state index contributed by atoms with van der Waals surface area (Å²) < 4.78 is 41.6. The third-order valence-corrected chi connectivity index (χ3v) is 5.44. The fourth-order valence-electron chi connectivity index (χ4n) is 2.73. The second-order valence-corrected chi connectivity index (χ2v) is 7.28. The molecule has 0 fully saturated rings. The highest BCUT2D eigenvalue weighted by Gasteiger charge is 2.39. The summed E-state index contributed by atoms with van der Waals surface area (Å²) in [5.41, 5.74) is 3.34. The number of benzene rings is 2. The van der Waals surface area contributed by atoms with Crippen LogP contribution in [0.25, 0.3) is 6.08 Å². The van der Waals surface area contributed by atoms with Gasteiger partial charge in [0.2, 0.25) is 0 Å². The molecule has 2 aromatic carbocycles. The number of alkyl halides is 3. The number of aryl methyl sites for hydroxylation is 3. The van der Waals surface area contributed by atoms with Gasteiger partial charge in [-0.3, -0.25) is 0 Å². The molecule has 134 valence electrons. The molecule has 0 aliphatic heterocycles. The minimum Gasteiger partial charge on any atom is -0.170 e. The summed E-state index contributed by atoms with van der Waals surface area (Å²) in [5.74, 6) is -1.67. The Bertz CT molecular complexity index is 771. The summed E-state index contributed by atoms with van der Waals surface area (Å²) >= 11 is 9.54. The minimum atomic E-state index is -4.37. The van der Waals surface area contributed by atoms with E-state index in [1.807, 2.05) is 25.1 Å². The molecule has 25 heavy (non-hydrogen) atoms. The maximum atomic E-state index is 13.6. The fourth-order valence-corrected chi connectivity index (χ4v) is 3.52. The molecular weight excluding hydrogens is 413 g/mol. The lowest BCUT2D eigenvalue weighted by Crippen LogP contribution is -2.19. The van der Waals surface area contributed by atoms with Crippen molar-refractivity contribution in [3.63, 3.8) is 0 Å². The van der Waals surface area contributed by atoms with Gasteiger partial charge in [-0.15, -0.1) is 0 Å². The van der Waals surface area contributed by atoms with Crippen LogP contribution in [0.5, 0.6) is 0 Å². The number of allylic oxidation sites excluding steroid dienone is 1. The lowest BCUT2D eigenvalue weighted by Gasteiger charge is -2.19. The number of halogens is 5.